The SMILES string of the molecule is CCCCC/C=C\C/C=C\CCCCCCCCCC(=O)OCCCCCCCCCCCCCC/C=C\CCCCCCCCCCC(=O)NC(CO)C(O)/C=C/CCCCCCCCCCCCC. The average Bonchev–Trinajstić information content (AvgIpc) is 3.37. The van der Waals surface area contributed by atoms with E-state index in [1.807, 2.05) is 6.08 Å². The standard InChI is InChI=1S/C65H121NO5/c1-3-5-7-9-11-13-15-17-18-27-31-35-39-43-47-51-55-59-65(70)71-60-56-52-48-44-40-36-32-29-26-24-22-20-19-21-23-25-28-30-34-38-42-46-50-54-58-64(69)66-62(61-67)63(68)57-53-49-45-41-37-33-16-14-12-10-8-6-4-2/h11,13,17-18,21,23,53,57,62-63,67-68H,3-10,12,14-16,19-20,22,24-52,54-56,58-61H2,1-2H3,(H,66,69)/b13-11-,18-17-,23-21-,57-53+. The van der Waals surface area contributed by atoms with Gasteiger partial charge in [-0.05, 0) is 89.9 Å². The second kappa shape index (κ2) is 60.4. The molecule has 0 aromatic rings. The van der Waals surface area contributed by atoms with Crippen molar-refractivity contribution in [2.45, 2.75) is 341 Å². The van der Waals surface area contributed by atoms with Crippen LogP contribution in [-0.4, -0.2) is 47.4 Å². The molecule has 1 amide bonds. The van der Waals surface area contributed by atoms with E-state index in [0.29, 0.717) is 19.4 Å². The molecule has 0 rings (SSSR count). The maximum Gasteiger partial charge on any atom is 0.305 e. The summed E-state index contributed by atoms with van der Waals surface area (Å²) in [7, 11) is 0. The van der Waals surface area contributed by atoms with E-state index in [1.54, 1.807) is 6.08 Å². The number of aliphatic hydroxyl groups excluding tert-OH is 2. The minimum Gasteiger partial charge on any atom is -0.466 e. The number of hydrogen-bond acceptors (Lipinski definition) is 5. The van der Waals surface area contributed by atoms with E-state index in [9.17, 15) is 19.8 Å². The molecule has 2 atom stereocenters. The number of amides is 1. The van der Waals surface area contributed by atoms with Crippen LogP contribution >= 0.6 is 0 Å². The monoisotopic (exact) mass is 996 g/mol. The van der Waals surface area contributed by atoms with Crippen LogP contribution in [-0.2, 0) is 14.3 Å². The van der Waals surface area contributed by atoms with E-state index in [2.05, 4.69) is 55.6 Å². The molecule has 0 heterocycles. The molecule has 0 bridgehead atoms. The van der Waals surface area contributed by atoms with Gasteiger partial charge in [-0.1, -0.05) is 274 Å². The Hall–Kier alpha value is -2.18. The van der Waals surface area contributed by atoms with Crippen molar-refractivity contribution in [3.8, 4) is 0 Å². The molecule has 6 heteroatoms. The maximum absolute atomic E-state index is 12.4. The largest absolute Gasteiger partial charge is 0.466 e. The van der Waals surface area contributed by atoms with Gasteiger partial charge in [0.25, 0.3) is 0 Å². The van der Waals surface area contributed by atoms with Gasteiger partial charge in [0, 0.05) is 12.8 Å². The highest BCUT2D eigenvalue weighted by Crippen LogP contribution is 2.17. The molecule has 0 aromatic heterocycles. The molecule has 0 fully saturated rings. The Labute approximate surface area is 442 Å². The highest BCUT2D eigenvalue weighted by atomic mass is 16.5. The zero-order valence-electron chi connectivity index (χ0n) is 47.5. The van der Waals surface area contributed by atoms with Gasteiger partial charge >= 0.3 is 5.97 Å². The van der Waals surface area contributed by atoms with Crippen molar-refractivity contribution < 1.29 is 24.5 Å². The summed E-state index contributed by atoms with van der Waals surface area (Å²) in [6, 6.07) is -0.631. The Kier molecular flexibility index (Phi) is 58.5. The molecule has 0 aliphatic heterocycles. The minimum absolute atomic E-state index is 0.00396. The van der Waals surface area contributed by atoms with E-state index < -0.39 is 12.1 Å². The van der Waals surface area contributed by atoms with Crippen molar-refractivity contribution in [3.63, 3.8) is 0 Å². The Balaban J connectivity index is 3.41. The predicted molar refractivity (Wildman–Crippen MR) is 310 cm³/mol. The first-order valence-electron chi connectivity index (χ1n) is 31.4. The van der Waals surface area contributed by atoms with Crippen LogP contribution in [0.3, 0.4) is 0 Å². The molecule has 0 saturated heterocycles. The third kappa shape index (κ3) is 57.0. The zero-order valence-corrected chi connectivity index (χ0v) is 47.5. The molecule has 0 aliphatic rings. The number of esters is 1. The summed E-state index contributed by atoms with van der Waals surface area (Å²) in [4.78, 5) is 24.5. The third-order valence-electron chi connectivity index (χ3n) is 14.3. The smallest absolute Gasteiger partial charge is 0.305 e. The van der Waals surface area contributed by atoms with Gasteiger partial charge < -0.3 is 20.3 Å². The minimum atomic E-state index is -0.847. The van der Waals surface area contributed by atoms with Crippen molar-refractivity contribution in [2.24, 2.45) is 0 Å². The first-order valence-corrected chi connectivity index (χ1v) is 31.4. The molecular formula is C65H121NO5. The van der Waals surface area contributed by atoms with Gasteiger partial charge in [-0.2, -0.15) is 0 Å². The summed E-state index contributed by atoms with van der Waals surface area (Å²) in [5.41, 5.74) is 0. The summed E-state index contributed by atoms with van der Waals surface area (Å²) in [5.74, 6) is -0.0688. The van der Waals surface area contributed by atoms with Crippen LogP contribution in [0.2, 0.25) is 0 Å². The lowest BCUT2D eigenvalue weighted by molar-refractivity contribution is -0.143. The van der Waals surface area contributed by atoms with Crippen LogP contribution in [0, 0.1) is 0 Å². The Bertz CT molecular complexity index is 1190. The molecule has 0 saturated carbocycles. The second-order valence-corrected chi connectivity index (χ2v) is 21.4. The van der Waals surface area contributed by atoms with Crippen LogP contribution in [0.1, 0.15) is 328 Å². The van der Waals surface area contributed by atoms with Gasteiger partial charge in [0.05, 0.1) is 25.4 Å². The number of allylic oxidation sites excluding steroid dienone is 7. The van der Waals surface area contributed by atoms with Gasteiger partial charge in [-0.3, -0.25) is 9.59 Å². The Morgan fingerprint density at radius 2 is 0.704 bits per heavy atom. The third-order valence-corrected chi connectivity index (χ3v) is 14.3. The molecule has 3 N–H and O–H groups in total. The summed E-state index contributed by atoms with van der Waals surface area (Å²) in [5, 5.41) is 23.1. The lowest BCUT2D eigenvalue weighted by Gasteiger charge is -2.20. The van der Waals surface area contributed by atoms with E-state index in [-0.39, 0.29) is 18.5 Å². The Morgan fingerprint density at radius 1 is 0.394 bits per heavy atom. The van der Waals surface area contributed by atoms with Gasteiger partial charge in [0.1, 0.15) is 0 Å². The number of aliphatic hydroxyl groups is 2. The predicted octanol–water partition coefficient (Wildman–Crippen LogP) is 19.7. The van der Waals surface area contributed by atoms with Gasteiger partial charge in [-0.25, -0.2) is 0 Å². The van der Waals surface area contributed by atoms with Crippen LogP contribution in [0.25, 0.3) is 0 Å². The van der Waals surface area contributed by atoms with Crippen molar-refractivity contribution in [1.82, 2.24) is 5.32 Å². The molecule has 6 nitrogen and oxygen atoms in total. The highest BCUT2D eigenvalue weighted by molar-refractivity contribution is 5.76. The van der Waals surface area contributed by atoms with Gasteiger partial charge in [0.2, 0.25) is 5.91 Å². The first-order chi connectivity index (χ1) is 35.0. The van der Waals surface area contributed by atoms with Crippen LogP contribution in [0.5, 0.6) is 0 Å². The summed E-state index contributed by atoms with van der Waals surface area (Å²) >= 11 is 0. The highest BCUT2D eigenvalue weighted by Gasteiger charge is 2.18. The number of hydrogen-bond donors (Lipinski definition) is 3. The number of carbonyl (C=O) groups is 2. The van der Waals surface area contributed by atoms with Crippen molar-refractivity contribution in [2.75, 3.05) is 13.2 Å². The van der Waals surface area contributed by atoms with Gasteiger partial charge in [0.15, 0.2) is 0 Å². The number of rotatable bonds is 58. The summed E-state index contributed by atoms with van der Waals surface area (Å²) < 4.78 is 5.49. The molecule has 0 aliphatic carbocycles. The van der Waals surface area contributed by atoms with E-state index in [4.69, 9.17) is 4.74 Å². The van der Waals surface area contributed by atoms with E-state index in [1.165, 1.54) is 250 Å². The lowest BCUT2D eigenvalue weighted by atomic mass is 10.0. The molecule has 0 aromatic carbocycles. The molecule has 416 valence electrons. The zero-order chi connectivity index (χ0) is 51.4. The second-order valence-electron chi connectivity index (χ2n) is 21.4. The Morgan fingerprint density at radius 3 is 1.11 bits per heavy atom. The molecular weight excluding hydrogens is 875 g/mol. The molecule has 2 unspecified atom stereocenters. The topological polar surface area (TPSA) is 95.9 Å². The molecule has 0 radical (unpaired) electrons. The normalized spacial score (nSPS) is 12.9. The van der Waals surface area contributed by atoms with Gasteiger partial charge in [-0.15, -0.1) is 0 Å². The quantitative estimate of drug-likeness (QED) is 0.0321. The fourth-order valence-electron chi connectivity index (χ4n) is 9.48. The number of ether oxygens (including phenoxy) is 1. The van der Waals surface area contributed by atoms with Crippen molar-refractivity contribution >= 4 is 11.9 Å². The first kappa shape index (κ1) is 68.8. The summed E-state index contributed by atoms with van der Waals surface area (Å²) in [6.07, 6.45) is 77.2. The fraction of sp³-hybridized carbons (Fsp3) is 0.846. The molecule has 71 heavy (non-hydrogen) atoms. The van der Waals surface area contributed by atoms with E-state index in [0.717, 1.165) is 51.4 Å². The number of carbonyl (C=O) groups excluding carboxylic acids is 2. The maximum atomic E-state index is 12.4. The van der Waals surface area contributed by atoms with Crippen molar-refractivity contribution in [1.29, 1.82) is 0 Å². The van der Waals surface area contributed by atoms with Crippen LogP contribution in [0.4, 0.5) is 0 Å². The molecule has 0 spiro atoms. The number of nitrogens with one attached hydrogen (secondary N) is 1. The van der Waals surface area contributed by atoms with Crippen molar-refractivity contribution in [3.05, 3.63) is 48.6 Å². The average molecular weight is 997 g/mol. The fourth-order valence-corrected chi connectivity index (χ4v) is 9.48. The lowest BCUT2D eigenvalue weighted by Crippen LogP contribution is -2.45. The number of unbranched alkanes of at least 4 members (excludes halogenated alkanes) is 41. The summed E-state index contributed by atoms with van der Waals surface area (Å²) in [6.45, 7) is 4.88. The van der Waals surface area contributed by atoms with Crippen LogP contribution < -0.4 is 5.32 Å². The van der Waals surface area contributed by atoms with Crippen LogP contribution in [0.15, 0.2) is 48.6 Å². The van der Waals surface area contributed by atoms with E-state index >= 15 is 0 Å².